The number of hydrogen-bond acceptors (Lipinski definition) is 3. The average Bonchev–Trinajstić information content (AvgIpc) is 2.27. The van der Waals surface area contributed by atoms with Gasteiger partial charge in [0.05, 0.1) is 12.2 Å². The molecule has 0 bridgehead atoms. The molecule has 3 heteroatoms. The first kappa shape index (κ1) is 14.4. The molecule has 0 spiro atoms. The van der Waals surface area contributed by atoms with Gasteiger partial charge in [0.1, 0.15) is 0 Å². The van der Waals surface area contributed by atoms with E-state index < -0.39 is 17.6 Å². The van der Waals surface area contributed by atoms with E-state index in [1.807, 2.05) is 6.92 Å². The van der Waals surface area contributed by atoms with E-state index in [1.54, 1.807) is 0 Å². The summed E-state index contributed by atoms with van der Waals surface area (Å²) < 4.78 is 0. The van der Waals surface area contributed by atoms with Crippen LogP contribution >= 0.6 is 0 Å². The van der Waals surface area contributed by atoms with E-state index in [9.17, 15) is 15.3 Å². The van der Waals surface area contributed by atoms with E-state index in [1.165, 1.54) is 12.2 Å². The first-order valence-corrected chi connectivity index (χ1v) is 5.25. The molecule has 0 aliphatic rings. The lowest BCUT2D eigenvalue weighted by Crippen LogP contribution is -2.32. The molecule has 0 fully saturated rings. The van der Waals surface area contributed by atoms with Crippen LogP contribution in [0.25, 0.3) is 0 Å². The van der Waals surface area contributed by atoms with Crippen LogP contribution in [0.3, 0.4) is 0 Å². The maximum atomic E-state index is 9.50. The second kappa shape index (κ2) is 6.77. The monoisotopic (exact) mass is 214 g/mol. The minimum atomic E-state index is -0.644. The summed E-state index contributed by atoms with van der Waals surface area (Å²) >= 11 is 0. The Labute approximate surface area is 91.8 Å². The van der Waals surface area contributed by atoms with Crippen molar-refractivity contribution >= 4 is 0 Å². The molecule has 2 atom stereocenters. The SMILES string of the molecule is C=CC(O)CC(CC)(CO)CC(O)C=C. The molecule has 0 aromatic heterocycles. The lowest BCUT2D eigenvalue weighted by atomic mass is 9.76. The van der Waals surface area contributed by atoms with Gasteiger partial charge in [0, 0.05) is 6.61 Å². The Morgan fingerprint density at radius 1 is 1.13 bits per heavy atom. The van der Waals surface area contributed by atoms with Gasteiger partial charge >= 0.3 is 0 Å². The van der Waals surface area contributed by atoms with Crippen LogP contribution in [0.2, 0.25) is 0 Å². The zero-order chi connectivity index (χ0) is 11.9. The van der Waals surface area contributed by atoms with Gasteiger partial charge in [-0.25, -0.2) is 0 Å². The molecule has 0 heterocycles. The Balaban J connectivity index is 4.55. The normalized spacial score (nSPS) is 18.9. The van der Waals surface area contributed by atoms with Crippen molar-refractivity contribution in [1.82, 2.24) is 0 Å². The van der Waals surface area contributed by atoms with Crippen LogP contribution in [0, 0.1) is 5.41 Å². The topological polar surface area (TPSA) is 60.7 Å². The highest BCUT2D eigenvalue weighted by molar-refractivity contribution is 4.92. The Morgan fingerprint density at radius 3 is 1.73 bits per heavy atom. The van der Waals surface area contributed by atoms with E-state index >= 15 is 0 Å². The molecule has 0 rings (SSSR count). The van der Waals surface area contributed by atoms with Crippen molar-refractivity contribution in [3.05, 3.63) is 25.3 Å². The maximum absolute atomic E-state index is 9.50. The number of rotatable bonds is 8. The van der Waals surface area contributed by atoms with E-state index in [-0.39, 0.29) is 6.61 Å². The molecular formula is C12H22O3. The third-order valence-electron chi connectivity index (χ3n) is 2.91. The molecule has 0 aromatic carbocycles. The predicted octanol–water partition coefficient (Wildman–Crippen LogP) is 1.25. The minimum Gasteiger partial charge on any atom is -0.396 e. The summed E-state index contributed by atoms with van der Waals surface area (Å²) in [4.78, 5) is 0. The Morgan fingerprint density at radius 2 is 1.53 bits per heavy atom. The van der Waals surface area contributed by atoms with Crippen molar-refractivity contribution < 1.29 is 15.3 Å². The molecule has 0 aromatic rings. The summed E-state index contributed by atoms with van der Waals surface area (Å²) in [5.74, 6) is 0. The lowest BCUT2D eigenvalue weighted by Gasteiger charge is -2.33. The third kappa shape index (κ3) is 4.60. The fourth-order valence-electron chi connectivity index (χ4n) is 1.67. The summed E-state index contributed by atoms with van der Waals surface area (Å²) in [5.41, 5.74) is -0.457. The number of aliphatic hydroxyl groups excluding tert-OH is 3. The summed E-state index contributed by atoms with van der Waals surface area (Å²) in [5, 5.41) is 28.4. The summed E-state index contributed by atoms with van der Waals surface area (Å²) in [7, 11) is 0. The van der Waals surface area contributed by atoms with E-state index in [2.05, 4.69) is 13.2 Å². The fourth-order valence-corrected chi connectivity index (χ4v) is 1.67. The molecule has 3 N–H and O–H groups in total. The van der Waals surface area contributed by atoms with Crippen molar-refractivity contribution in [3.63, 3.8) is 0 Å². The van der Waals surface area contributed by atoms with Crippen LogP contribution in [-0.2, 0) is 0 Å². The van der Waals surface area contributed by atoms with Gasteiger partial charge in [-0.3, -0.25) is 0 Å². The zero-order valence-corrected chi connectivity index (χ0v) is 9.39. The Bertz CT molecular complexity index is 179. The largest absolute Gasteiger partial charge is 0.396 e. The highest BCUT2D eigenvalue weighted by atomic mass is 16.3. The van der Waals surface area contributed by atoms with Gasteiger partial charge in [0.2, 0.25) is 0 Å². The van der Waals surface area contributed by atoms with E-state index in [0.29, 0.717) is 19.3 Å². The molecule has 2 unspecified atom stereocenters. The highest BCUT2D eigenvalue weighted by Crippen LogP contribution is 2.33. The lowest BCUT2D eigenvalue weighted by molar-refractivity contribution is 0.0278. The summed E-state index contributed by atoms with van der Waals surface area (Å²) in [6.45, 7) is 8.87. The van der Waals surface area contributed by atoms with Crippen LogP contribution in [0.4, 0.5) is 0 Å². The van der Waals surface area contributed by atoms with Crippen molar-refractivity contribution in [3.8, 4) is 0 Å². The Hall–Kier alpha value is -0.640. The van der Waals surface area contributed by atoms with Crippen LogP contribution in [0.1, 0.15) is 26.2 Å². The molecular weight excluding hydrogens is 192 g/mol. The molecule has 0 radical (unpaired) electrons. The number of aliphatic hydroxyl groups is 3. The second-order valence-corrected chi connectivity index (χ2v) is 4.03. The fraction of sp³-hybridized carbons (Fsp3) is 0.667. The predicted molar refractivity (Wildman–Crippen MR) is 61.5 cm³/mol. The third-order valence-corrected chi connectivity index (χ3v) is 2.91. The van der Waals surface area contributed by atoms with Crippen molar-refractivity contribution in [2.75, 3.05) is 6.61 Å². The van der Waals surface area contributed by atoms with Crippen LogP contribution in [-0.4, -0.2) is 34.1 Å². The molecule has 0 aliphatic heterocycles. The van der Waals surface area contributed by atoms with Gasteiger partial charge in [0.15, 0.2) is 0 Å². The molecule has 88 valence electrons. The summed E-state index contributed by atoms with van der Waals surface area (Å²) in [6, 6.07) is 0. The first-order chi connectivity index (χ1) is 7.03. The molecule has 15 heavy (non-hydrogen) atoms. The van der Waals surface area contributed by atoms with Crippen molar-refractivity contribution in [2.24, 2.45) is 5.41 Å². The second-order valence-electron chi connectivity index (χ2n) is 4.03. The Kier molecular flexibility index (Phi) is 6.48. The minimum absolute atomic E-state index is 0.0562. The van der Waals surface area contributed by atoms with Gasteiger partial charge < -0.3 is 15.3 Å². The van der Waals surface area contributed by atoms with Gasteiger partial charge in [-0.2, -0.15) is 0 Å². The van der Waals surface area contributed by atoms with Crippen LogP contribution in [0.5, 0.6) is 0 Å². The van der Waals surface area contributed by atoms with Gasteiger partial charge in [-0.05, 0) is 24.7 Å². The summed E-state index contributed by atoms with van der Waals surface area (Å²) in [6.07, 6.45) is 3.12. The van der Waals surface area contributed by atoms with Gasteiger partial charge in [0.25, 0.3) is 0 Å². The molecule has 0 saturated carbocycles. The quantitative estimate of drug-likeness (QED) is 0.533. The molecule has 3 nitrogen and oxygen atoms in total. The highest BCUT2D eigenvalue weighted by Gasteiger charge is 2.31. The molecule has 0 amide bonds. The first-order valence-electron chi connectivity index (χ1n) is 5.25. The molecule has 0 aliphatic carbocycles. The standard InChI is InChI=1S/C12H22O3/c1-4-10(14)7-12(6-3,9-13)8-11(15)5-2/h4-5,10-11,13-15H,1-2,6-9H2,3H3. The van der Waals surface area contributed by atoms with Crippen molar-refractivity contribution in [1.29, 1.82) is 0 Å². The van der Waals surface area contributed by atoms with E-state index in [4.69, 9.17) is 0 Å². The van der Waals surface area contributed by atoms with Gasteiger partial charge in [-0.1, -0.05) is 19.1 Å². The maximum Gasteiger partial charge on any atom is 0.0724 e. The number of hydrogen-bond donors (Lipinski definition) is 3. The zero-order valence-electron chi connectivity index (χ0n) is 9.39. The van der Waals surface area contributed by atoms with Crippen LogP contribution < -0.4 is 0 Å². The van der Waals surface area contributed by atoms with Gasteiger partial charge in [-0.15, -0.1) is 13.2 Å². The smallest absolute Gasteiger partial charge is 0.0724 e. The average molecular weight is 214 g/mol. The molecule has 0 saturated heterocycles. The van der Waals surface area contributed by atoms with Crippen molar-refractivity contribution in [2.45, 2.75) is 38.4 Å². The van der Waals surface area contributed by atoms with Crippen LogP contribution in [0.15, 0.2) is 25.3 Å². The van der Waals surface area contributed by atoms with E-state index in [0.717, 1.165) is 0 Å².